The lowest BCUT2D eigenvalue weighted by atomic mass is 9.92. The van der Waals surface area contributed by atoms with Crippen LogP contribution in [0.5, 0.6) is 11.5 Å². The average Bonchev–Trinajstić information content (AvgIpc) is 3.11. The van der Waals surface area contributed by atoms with Crippen LogP contribution in [0.2, 0.25) is 0 Å². The van der Waals surface area contributed by atoms with E-state index in [9.17, 15) is 4.79 Å². The normalized spacial score (nSPS) is 26.1. The van der Waals surface area contributed by atoms with Crippen molar-refractivity contribution in [2.75, 3.05) is 33.0 Å². The number of ether oxygens (including phenoxy) is 2. The Morgan fingerprint density at radius 3 is 2.59 bits per heavy atom. The second kappa shape index (κ2) is 6.34. The van der Waals surface area contributed by atoms with Crippen LogP contribution in [-0.4, -0.2) is 43.8 Å². The molecule has 0 bridgehead atoms. The number of carbonyl (C=O) groups is 1. The molecule has 0 saturated carbocycles. The summed E-state index contributed by atoms with van der Waals surface area (Å²) in [4.78, 5) is 14.8. The fourth-order valence-corrected chi connectivity index (χ4v) is 3.69. The van der Waals surface area contributed by atoms with Gasteiger partial charge in [0.25, 0.3) is 5.91 Å². The van der Waals surface area contributed by atoms with E-state index in [1.807, 2.05) is 23.1 Å². The maximum absolute atomic E-state index is 12.8. The Morgan fingerprint density at radius 1 is 1.14 bits per heavy atom. The molecule has 2 atom stereocenters. The van der Waals surface area contributed by atoms with Crippen LogP contribution in [0.4, 0.5) is 0 Å². The molecule has 6 heteroatoms. The summed E-state index contributed by atoms with van der Waals surface area (Å²) < 4.78 is 10.8. The SMILES string of the molecule is Cl.O=C(c1cccc2c1OCO2)N1CC[C@@H]2CNC[C@@H]2CC1. The van der Waals surface area contributed by atoms with Crippen molar-refractivity contribution in [2.45, 2.75) is 12.8 Å². The van der Waals surface area contributed by atoms with E-state index in [1.54, 1.807) is 0 Å². The number of likely N-dealkylation sites (tertiary alicyclic amines) is 1. The van der Waals surface area contributed by atoms with E-state index in [-0.39, 0.29) is 25.1 Å². The zero-order valence-electron chi connectivity index (χ0n) is 12.4. The molecule has 2 saturated heterocycles. The van der Waals surface area contributed by atoms with Gasteiger partial charge in [-0.3, -0.25) is 4.79 Å². The van der Waals surface area contributed by atoms with E-state index in [4.69, 9.17) is 9.47 Å². The lowest BCUT2D eigenvalue weighted by molar-refractivity contribution is 0.0754. The molecule has 1 amide bonds. The highest BCUT2D eigenvalue weighted by molar-refractivity contribution is 5.98. The first kappa shape index (κ1) is 15.4. The van der Waals surface area contributed by atoms with Crippen LogP contribution in [0.3, 0.4) is 0 Å². The Bertz CT molecular complexity index is 552. The second-order valence-electron chi connectivity index (χ2n) is 6.09. The van der Waals surface area contributed by atoms with Crippen molar-refractivity contribution in [1.29, 1.82) is 0 Å². The summed E-state index contributed by atoms with van der Waals surface area (Å²) in [6, 6.07) is 5.54. The number of nitrogens with one attached hydrogen (secondary N) is 1. The Labute approximate surface area is 136 Å². The molecule has 2 fully saturated rings. The van der Waals surface area contributed by atoms with Gasteiger partial charge in [-0.2, -0.15) is 0 Å². The van der Waals surface area contributed by atoms with E-state index in [2.05, 4.69) is 5.32 Å². The van der Waals surface area contributed by atoms with Crippen molar-refractivity contribution in [1.82, 2.24) is 10.2 Å². The van der Waals surface area contributed by atoms with Crippen LogP contribution in [0, 0.1) is 11.8 Å². The van der Waals surface area contributed by atoms with Crippen molar-refractivity contribution < 1.29 is 14.3 Å². The Morgan fingerprint density at radius 2 is 1.86 bits per heavy atom. The predicted octanol–water partition coefficient (Wildman–Crippen LogP) is 1.91. The summed E-state index contributed by atoms with van der Waals surface area (Å²) >= 11 is 0. The minimum Gasteiger partial charge on any atom is -0.454 e. The zero-order valence-corrected chi connectivity index (χ0v) is 13.2. The van der Waals surface area contributed by atoms with Crippen molar-refractivity contribution in [3.63, 3.8) is 0 Å². The van der Waals surface area contributed by atoms with Crippen molar-refractivity contribution in [3.8, 4) is 11.5 Å². The number of nitrogens with zero attached hydrogens (tertiary/aromatic N) is 1. The van der Waals surface area contributed by atoms with Crippen LogP contribution < -0.4 is 14.8 Å². The highest BCUT2D eigenvalue weighted by Crippen LogP contribution is 2.36. The summed E-state index contributed by atoms with van der Waals surface area (Å²) in [6.07, 6.45) is 2.19. The van der Waals surface area contributed by atoms with E-state index >= 15 is 0 Å². The second-order valence-corrected chi connectivity index (χ2v) is 6.09. The first-order valence-electron chi connectivity index (χ1n) is 7.71. The third kappa shape index (κ3) is 2.63. The molecule has 0 unspecified atom stereocenters. The third-order valence-electron chi connectivity index (χ3n) is 4.93. The molecular formula is C16H21ClN2O3. The van der Waals surface area contributed by atoms with Gasteiger partial charge >= 0.3 is 0 Å². The van der Waals surface area contributed by atoms with Gasteiger partial charge in [0.15, 0.2) is 11.5 Å². The smallest absolute Gasteiger partial charge is 0.257 e. The maximum atomic E-state index is 12.8. The Balaban J connectivity index is 0.00000144. The molecule has 5 nitrogen and oxygen atoms in total. The summed E-state index contributed by atoms with van der Waals surface area (Å²) in [5.74, 6) is 2.81. The van der Waals surface area contributed by atoms with Gasteiger partial charge in [-0.05, 0) is 49.9 Å². The zero-order chi connectivity index (χ0) is 14.2. The van der Waals surface area contributed by atoms with Gasteiger partial charge in [-0.15, -0.1) is 12.4 Å². The minimum absolute atomic E-state index is 0. The van der Waals surface area contributed by atoms with Gasteiger partial charge in [0.05, 0.1) is 5.56 Å². The number of hydrogen-bond acceptors (Lipinski definition) is 4. The molecule has 1 N–H and O–H groups in total. The lowest BCUT2D eigenvalue weighted by Crippen LogP contribution is -2.32. The van der Waals surface area contributed by atoms with Gasteiger partial charge in [0.2, 0.25) is 6.79 Å². The predicted molar refractivity (Wildman–Crippen MR) is 84.8 cm³/mol. The van der Waals surface area contributed by atoms with Gasteiger partial charge in [0, 0.05) is 13.1 Å². The molecule has 0 radical (unpaired) electrons. The summed E-state index contributed by atoms with van der Waals surface area (Å²) in [5, 5.41) is 3.46. The molecule has 1 aromatic rings. The maximum Gasteiger partial charge on any atom is 0.257 e. The molecule has 0 aromatic heterocycles. The molecule has 120 valence electrons. The summed E-state index contributed by atoms with van der Waals surface area (Å²) in [6.45, 7) is 4.09. The third-order valence-corrected chi connectivity index (χ3v) is 4.93. The van der Waals surface area contributed by atoms with Gasteiger partial charge in [-0.25, -0.2) is 0 Å². The number of para-hydroxylation sites is 1. The molecule has 3 aliphatic rings. The average molecular weight is 325 g/mol. The molecular weight excluding hydrogens is 304 g/mol. The summed E-state index contributed by atoms with van der Waals surface area (Å²) in [7, 11) is 0. The number of hydrogen-bond donors (Lipinski definition) is 1. The standard InChI is InChI=1S/C16H20N2O3.ClH/c19-16(13-2-1-3-14-15(13)21-10-20-14)18-6-4-11-8-17-9-12(11)5-7-18;/h1-3,11-12,17H,4-10H2;1H/t11-,12+;. The number of halogens is 1. The highest BCUT2D eigenvalue weighted by Gasteiger charge is 2.33. The van der Waals surface area contributed by atoms with E-state index in [0.29, 0.717) is 17.1 Å². The number of rotatable bonds is 1. The van der Waals surface area contributed by atoms with Crippen LogP contribution in [0.15, 0.2) is 18.2 Å². The van der Waals surface area contributed by atoms with Gasteiger partial charge < -0.3 is 19.7 Å². The van der Waals surface area contributed by atoms with Crippen LogP contribution in [0.25, 0.3) is 0 Å². The molecule has 3 heterocycles. The lowest BCUT2D eigenvalue weighted by Gasteiger charge is -2.21. The van der Waals surface area contributed by atoms with Gasteiger partial charge in [-0.1, -0.05) is 6.07 Å². The molecule has 4 rings (SSSR count). The summed E-state index contributed by atoms with van der Waals surface area (Å²) in [5.41, 5.74) is 0.634. The van der Waals surface area contributed by atoms with Crippen LogP contribution >= 0.6 is 12.4 Å². The van der Waals surface area contributed by atoms with Crippen LogP contribution in [0.1, 0.15) is 23.2 Å². The molecule has 0 aliphatic carbocycles. The Kier molecular flexibility index (Phi) is 4.45. The number of benzene rings is 1. The monoisotopic (exact) mass is 324 g/mol. The molecule has 3 aliphatic heterocycles. The fraction of sp³-hybridized carbons (Fsp3) is 0.562. The number of fused-ring (bicyclic) bond motifs is 2. The van der Waals surface area contributed by atoms with Crippen molar-refractivity contribution >= 4 is 18.3 Å². The highest BCUT2D eigenvalue weighted by atomic mass is 35.5. The van der Waals surface area contributed by atoms with E-state index in [1.165, 1.54) is 0 Å². The first-order valence-corrected chi connectivity index (χ1v) is 7.71. The number of amides is 1. The van der Waals surface area contributed by atoms with Crippen LogP contribution in [-0.2, 0) is 0 Å². The number of carbonyl (C=O) groups excluding carboxylic acids is 1. The first-order chi connectivity index (χ1) is 10.3. The van der Waals surface area contributed by atoms with Crippen molar-refractivity contribution in [2.24, 2.45) is 11.8 Å². The molecule has 22 heavy (non-hydrogen) atoms. The quantitative estimate of drug-likeness (QED) is 0.857. The van der Waals surface area contributed by atoms with E-state index in [0.717, 1.165) is 50.9 Å². The van der Waals surface area contributed by atoms with Gasteiger partial charge in [0.1, 0.15) is 0 Å². The molecule has 0 spiro atoms. The minimum atomic E-state index is 0. The Hall–Kier alpha value is -1.46. The topological polar surface area (TPSA) is 50.8 Å². The fourth-order valence-electron chi connectivity index (χ4n) is 3.69. The van der Waals surface area contributed by atoms with Crippen molar-refractivity contribution in [3.05, 3.63) is 23.8 Å². The van der Waals surface area contributed by atoms with E-state index < -0.39 is 0 Å². The molecule has 1 aromatic carbocycles. The largest absolute Gasteiger partial charge is 0.454 e.